The quantitative estimate of drug-likeness (QED) is 0.839. The first kappa shape index (κ1) is 18.1. The molecule has 156 valence electrons. The molecule has 1 spiro atoms. The molecule has 4 atom stereocenters. The molecule has 7 heteroatoms. The fraction of sp³-hybridized carbons (Fsp3) is 0.522. The van der Waals surface area contributed by atoms with Gasteiger partial charge in [-0.25, -0.2) is 15.0 Å². The summed E-state index contributed by atoms with van der Waals surface area (Å²) in [4.78, 5) is 13.2. The lowest BCUT2D eigenvalue weighted by atomic mass is 9.67. The topological polar surface area (TPSA) is 91.9 Å². The van der Waals surface area contributed by atoms with Crippen LogP contribution in [0.3, 0.4) is 0 Å². The van der Waals surface area contributed by atoms with Crippen molar-refractivity contribution in [2.45, 2.75) is 49.9 Å². The molecule has 0 bridgehead atoms. The monoisotopic (exact) mass is 406 g/mol. The average Bonchev–Trinajstić information content (AvgIpc) is 3.54. The van der Waals surface area contributed by atoms with Crippen molar-refractivity contribution in [3.8, 4) is 16.9 Å². The van der Waals surface area contributed by atoms with Crippen LogP contribution in [0, 0.1) is 11.8 Å². The first-order valence-corrected chi connectivity index (χ1v) is 10.9. The Kier molecular flexibility index (Phi) is 4.19. The van der Waals surface area contributed by atoms with Gasteiger partial charge in [0.25, 0.3) is 6.02 Å². The maximum atomic E-state index is 6.48. The molecule has 0 radical (unpaired) electrons. The second kappa shape index (κ2) is 6.94. The largest absolute Gasteiger partial charge is 0.490 e. The molecule has 6 rings (SSSR count). The van der Waals surface area contributed by atoms with Gasteiger partial charge in [-0.1, -0.05) is 6.07 Å². The highest BCUT2D eigenvalue weighted by atomic mass is 16.5. The Hall–Kier alpha value is -2.67. The molecular formula is C23H26N4O3. The van der Waals surface area contributed by atoms with Crippen LogP contribution in [-0.4, -0.2) is 41.4 Å². The summed E-state index contributed by atoms with van der Waals surface area (Å²) in [5.41, 5.74) is 8.55. The van der Waals surface area contributed by atoms with Crippen LogP contribution in [0.2, 0.25) is 0 Å². The minimum Gasteiger partial charge on any atom is -0.490 e. The Morgan fingerprint density at radius 1 is 1.10 bits per heavy atom. The van der Waals surface area contributed by atoms with E-state index in [2.05, 4.69) is 22.1 Å². The normalized spacial score (nSPS) is 32.0. The third-order valence-electron chi connectivity index (χ3n) is 6.98. The summed E-state index contributed by atoms with van der Waals surface area (Å²) < 4.78 is 18.5. The first-order valence-electron chi connectivity index (χ1n) is 10.9. The predicted octanol–water partition coefficient (Wildman–Crippen LogP) is 3.04. The highest BCUT2D eigenvalue weighted by Crippen LogP contribution is 2.53. The van der Waals surface area contributed by atoms with Crippen LogP contribution in [0.15, 0.2) is 41.9 Å². The number of aromatic nitrogens is 2. The van der Waals surface area contributed by atoms with Gasteiger partial charge < -0.3 is 19.9 Å². The number of rotatable bonds is 4. The summed E-state index contributed by atoms with van der Waals surface area (Å²) >= 11 is 0. The van der Waals surface area contributed by atoms with Gasteiger partial charge in [-0.2, -0.15) is 0 Å². The number of ether oxygens (including phenoxy) is 3. The van der Waals surface area contributed by atoms with Crippen molar-refractivity contribution in [3.63, 3.8) is 0 Å². The van der Waals surface area contributed by atoms with Gasteiger partial charge in [-0.15, -0.1) is 0 Å². The highest BCUT2D eigenvalue weighted by Gasteiger charge is 2.55. The molecule has 2 saturated carbocycles. The van der Waals surface area contributed by atoms with Crippen LogP contribution in [0.1, 0.15) is 37.7 Å². The highest BCUT2D eigenvalue weighted by molar-refractivity contribution is 5.75. The van der Waals surface area contributed by atoms with E-state index in [4.69, 9.17) is 24.9 Å². The molecule has 1 aromatic carbocycles. The molecule has 4 aliphatic rings. The van der Waals surface area contributed by atoms with Crippen molar-refractivity contribution in [1.29, 1.82) is 0 Å². The fourth-order valence-corrected chi connectivity index (χ4v) is 5.19. The summed E-state index contributed by atoms with van der Waals surface area (Å²) in [7, 11) is 0. The summed E-state index contributed by atoms with van der Waals surface area (Å²) in [6.07, 6.45) is 11.0. The number of benzene rings is 1. The number of amidine groups is 1. The number of fused-ring (bicyclic) bond motifs is 4. The lowest BCUT2D eigenvalue weighted by Crippen LogP contribution is -2.52. The van der Waals surface area contributed by atoms with Gasteiger partial charge in [-0.3, -0.25) is 0 Å². The smallest absolute Gasteiger partial charge is 0.283 e. The van der Waals surface area contributed by atoms with Crippen LogP contribution in [0.5, 0.6) is 5.75 Å². The third kappa shape index (κ3) is 3.03. The Labute approximate surface area is 175 Å². The first-order chi connectivity index (χ1) is 14.7. The van der Waals surface area contributed by atoms with Gasteiger partial charge >= 0.3 is 0 Å². The van der Waals surface area contributed by atoms with Crippen molar-refractivity contribution in [2.75, 3.05) is 13.2 Å². The second-order valence-corrected chi connectivity index (χ2v) is 8.98. The number of nitrogens with zero attached hydrogens (tertiary/aromatic N) is 3. The van der Waals surface area contributed by atoms with Gasteiger partial charge in [0.2, 0.25) is 0 Å². The molecule has 3 heterocycles. The number of hydrogen-bond acceptors (Lipinski definition) is 7. The van der Waals surface area contributed by atoms with Crippen LogP contribution < -0.4 is 10.5 Å². The summed E-state index contributed by atoms with van der Waals surface area (Å²) in [5, 5.41) is 0. The van der Waals surface area contributed by atoms with Crippen molar-refractivity contribution >= 4 is 6.02 Å². The second-order valence-electron chi connectivity index (χ2n) is 8.98. The van der Waals surface area contributed by atoms with Gasteiger partial charge in [-0.05, 0) is 55.7 Å². The van der Waals surface area contributed by atoms with Crippen LogP contribution >= 0.6 is 0 Å². The third-order valence-corrected chi connectivity index (χ3v) is 6.98. The van der Waals surface area contributed by atoms with Gasteiger partial charge in [0.15, 0.2) is 0 Å². The molecule has 30 heavy (non-hydrogen) atoms. The van der Waals surface area contributed by atoms with E-state index < -0.39 is 5.54 Å². The van der Waals surface area contributed by atoms with E-state index in [-0.39, 0.29) is 24.1 Å². The minimum absolute atomic E-state index is 0.0995. The fourth-order valence-electron chi connectivity index (χ4n) is 5.19. The molecule has 1 unspecified atom stereocenters. The predicted molar refractivity (Wildman–Crippen MR) is 111 cm³/mol. The number of hydrogen-bond donors (Lipinski definition) is 1. The van der Waals surface area contributed by atoms with E-state index >= 15 is 0 Å². The zero-order valence-corrected chi connectivity index (χ0v) is 16.9. The van der Waals surface area contributed by atoms with Crippen molar-refractivity contribution < 1.29 is 14.2 Å². The van der Waals surface area contributed by atoms with E-state index in [1.54, 1.807) is 0 Å². The molecule has 2 aliphatic heterocycles. The van der Waals surface area contributed by atoms with Crippen molar-refractivity contribution in [1.82, 2.24) is 9.97 Å². The Balaban J connectivity index is 1.38. The van der Waals surface area contributed by atoms with E-state index in [9.17, 15) is 0 Å². The Bertz CT molecular complexity index is 978. The van der Waals surface area contributed by atoms with E-state index in [1.807, 2.05) is 18.5 Å². The molecule has 2 aliphatic carbocycles. The van der Waals surface area contributed by atoms with E-state index in [0.717, 1.165) is 54.2 Å². The maximum Gasteiger partial charge on any atom is 0.283 e. The molecule has 0 saturated heterocycles. The number of aliphatic imine (C=N–C) groups is 1. The van der Waals surface area contributed by atoms with Gasteiger partial charge in [0.1, 0.15) is 30.3 Å². The lowest BCUT2D eigenvalue weighted by Gasteiger charge is -2.48. The van der Waals surface area contributed by atoms with E-state index in [0.29, 0.717) is 6.61 Å². The summed E-state index contributed by atoms with van der Waals surface area (Å²) in [5.74, 6) is 1.81. The van der Waals surface area contributed by atoms with E-state index in [1.165, 1.54) is 19.2 Å². The zero-order chi connectivity index (χ0) is 20.1. The van der Waals surface area contributed by atoms with Crippen molar-refractivity contribution in [3.05, 3.63) is 42.5 Å². The van der Waals surface area contributed by atoms with Crippen molar-refractivity contribution in [2.24, 2.45) is 22.6 Å². The molecule has 2 fully saturated rings. The van der Waals surface area contributed by atoms with Crippen LogP contribution in [0.4, 0.5) is 0 Å². The Morgan fingerprint density at radius 3 is 2.73 bits per heavy atom. The molecule has 1 aromatic heterocycles. The maximum absolute atomic E-state index is 6.48. The number of nitrogens with two attached hydrogens (primary N) is 1. The Morgan fingerprint density at radius 2 is 1.97 bits per heavy atom. The summed E-state index contributed by atoms with van der Waals surface area (Å²) in [6.45, 7) is 1.33. The lowest BCUT2D eigenvalue weighted by molar-refractivity contribution is -0.0643. The molecule has 7 nitrogen and oxygen atoms in total. The van der Waals surface area contributed by atoms with Crippen LogP contribution in [0.25, 0.3) is 11.1 Å². The molecule has 2 aromatic rings. The zero-order valence-electron chi connectivity index (χ0n) is 16.9. The van der Waals surface area contributed by atoms with Gasteiger partial charge in [0, 0.05) is 36.0 Å². The average molecular weight is 406 g/mol. The molecule has 0 amide bonds. The van der Waals surface area contributed by atoms with Crippen LogP contribution in [-0.2, 0) is 15.0 Å². The standard InChI is InChI=1S/C23H26N4O3/c24-22-27-23(12-29-22)18-7-15(16-9-25-13-26-10-16)3-5-20(18)30-21-6-4-17(8-19(21)23)28-11-14-1-2-14/h3,5,7,9-10,13-14,17,19,21H,1-2,4,6,8,11-12H2,(H2,24,27)/t17-,19+,21?,23-/m1/s1. The van der Waals surface area contributed by atoms with Gasteiger partial charge in [0.05, 0.1) is 6.10 Å². The minimum atomic E-state index is -0.532. The SMILES string of the molecule is NC1=N[C@]2(CO1)c1cc(-c3cncnc3)ccc1OC1CC[C@@H](OCC3CC3)C[C@@H]12. The molecule has 2 N–H and O–H groups in total. The summed E-state index contributed by atoms with van der Waals surface area (Å²) in [6, 6.07) is 6.49. The molecular weight excluding hydrogens is 380 g/mol.